The lowest BCUT2D eigenvalue weighted by Gasteiger charge is -2.36. The van der Waals surface area contributed by atoms with E-state index in [2.05, 4.69) is 77.9 Å². The highest BCUT2D eigenvalue weighted by atomic mass is 16.3. The van der Waals surface area contributed by atoms with Crippen LogP contribution in [0.2, 0.25) is 0 Å². The molecular weight excluding hydrogens is 394 g/mol. The second-order valence-electron chi connectivity index (χ2n) is 8.72. The van der Waals surface area contributed by atoms with Crippen molar-refractivity contribution >= 4 is 55.1 Å². The summed E-state index contributed by atoms with van der Waals surface area (Å²) in [6, 6.07) is 27.6. The number of furan rings is 1. The smallest absolute Gasteiger partial charge is 0.160 e. The molecular formula is C28H19N3O. The van der Waals surface area contributed by atoms with Crippen molar-refractivity contribution in [1.82, 2.24) is 4.57 Å². The largest absolute Gasteiger partial charge is 0.454 e. The highest BCUT2D eigenvalue weighted by Crippen LogP contribution is 2.49. The zero-order chi connectivity index (χ0) is 21.6. The van der Waals surface area contributed by atoms with Crippen LogP contribution in [0.3, 0.4) is 0 Å². The minimum Gasteiger partial charge on any atom is -0.454 e. The molecule has 1 aliphatic heterocycles. The van der Waals surface area contributed by atoms with Gasteiger partial charge < -0.3 is 13.9 Å². The predicted molar refractivity (Wildman–Crippen MR) is 130 cm³/mol. The third-order valence-electron chi connectivity index (χ3n) is 6.65. The standard InChI is InChI=1S/C28H19N3O/c1-16(2)30-23-8-5-7-19-20-11-12-21-18-6-3-4-9-25(18)32-28(21)27(20)31(26(19)23)22-13-10-17(15-29)14-24(22)30/h3-14,16H,1-2H3. The second kappa shape index (κ2) is 5.93. The molecule has 0 fully saturated rings. The number of fused-ring (bicyclic) bond motifs is 9. The lowest BCUT2D eigenvalue weighted by molar-refractivity contribution is 0.671. The van der Waals surface area contributed by atoms with Gasteiger partial charge in [0.05, 0.1) is 39.7 Å². The molecule has 1 aliphatic rings. The molecule has 0 atom stereocenters. The first kappa shape index (κ1) is 17.5. The minimum absolute atomic E-state index is 0.242. The van der Waals surface area contributed by atoms with Crippen LogP contribution in [-0.4, -0.2) is 10.6 Å². The highest BCUT2D eigenvalue weighted by molar-refractivity contribution is 6.24. The van der Waals surface area contributed by atoms with E-state index in [1.807, 2.05) is 24.3 Å². The fraction of sp³-hybridized carbons (Fsp3) is 0.107. The minimum atomic E-state index is 0.242. The maximum atomic E-state index is 9.58. The average Bonchev–Trinajstić information content (AvgIpc) is 3.36. The maximum absolute atomic E-state index is 9.58. The van der Waals surface area contributed by atoms with Crippen LogP contribution in [0.15, 0.2) is 77.2 Å². The molecule has 0 saturated heterocycles. The first-order chi connectivity index (χ1) is 15.7. The van der Waals surface area contributed by atoms with E-state index in [-0.39, 0.29) is 6.04 Å². The van der Waals surface area contributed by atoms with E-state index in [0.29, 0.717) is 5.56 Å². The molecule has 4 heteroatoms. The van der Waals surface area contributed by atoms with Crippen molar-refractivity contribution in [2.45, 2.75) is 19.9 Å². The van der Waals surface area contributed by atoms with Gasteiger partial charge in [0.15, 0.2) is 5.58 Å². The fourth-order valence-electron chi connectivity index (χ4n) is 5.41. The van der Waals surface area contributed by atoms with Crippen molar-refractivity contribution in [2.75, 3.05) is 4.90 Å². The Labute approximate surface area is 184 Å². The first-order valence-electron chi connectivity index (χ1n) is 10.9. The molecule has 4 nitrogen and oxygen atoms in total. The van der Waals surface area contributed by atoms with Gasteiger partial charge >= 0.3 is 0 Å². The SMILES string of the molecule is CC(C)N1c2cc(C#N)ccc2-n2c3c1cccc3c1ccc3c4ccccc4oc3c12. The lowest BCUT2D eigenvalue weighted by Crippen LogP contribution is -2.29. The van der Waals surface area contributed by atoms with Crippen LogP contribution in [0.25, 0.3) is 49.4 Å². The van der Waals surface area contributed by atoms with E-state index < -0.39 is 0 Å². The molecule has 32 heavy (non-hydrogen) atoms. The molecule has 0 radical (unpaired) electrons. The van der Waals surface area contributed by atoms with E-state index in [0.717, 1.165) is 44.5 Å². The van der Waals surface area contributed by atoms with E-state index in [1.165, 1.54) is 16.3 Å². The fourth-order valence-corrected chi connectivity index (χ4v) is 5.41. The molecule has 3 heterocycles. The molecule has 4 aromatic carbocycles. The number of rotatable bonds is 1. The molecule has 7 rings (SSSR count). The Kier molecular flexibility index (Phi) is 3.23. The third-order valence-corrected chi connectivity index (χ3v) is 6.65. The molecule has 0 aliphatic carbocycles. The van der Waals surface area contributed by atoms with Gasteiger partial charge in [-0.15, -0.1) is 0 Å². The molecule has 6 aromatic rings. The Morgan fingerprint density at radius 2 is 1.53 bits per heavy atom. The van der Waals surface area contributed by atoms with Crippen molar-refractivity contribution in [2.24, 2.45) is 0 Å². The molecule has 0 spiro atoms. The van der Waals surface area contributed by atoms with Gasteiger partial charge in [0.1, 0.15) is 5.58 Å². The van der Waals surface area contributed by atoms with Crippen LogP contribution < -0.4 is 4.90 Å². The number of para-hydroxylation sites is 2. The maximum Gasteiger partial charge on any atom is 0.160 e. The van der Waals surface area contributed by atoms with Crippen LogP contribution >= 0.6 is 0 Å². The zero-order valence-electron chi connectivity index (χ0n) is 17.8. The molecule has 2 aromatic heterocycles. The van der Waals surface area contributed by atoms with E-state index in [4.69, 9.17) is 4.42 Å². The lowest BCUT2D eigenvalue weighted by atomic mass is 10.1. The summed E-state index contributed by atoms with van der Waals surface area (Å²) in [7, 11) is 0. The number of anilines is 2. The van der Waals surface area contributed by atoms with Crippen LogP contribution in [0.5, 0.6) is 0 Å². The van der Waals surface area contributed by atoms with Gasteiger partial charge in [0.25, 0.3) is 0 Å². The van der Waals surface area contributed by atoms with Crippen LogP contribution in [0.4, 0.5) is 11.4 Å². The second-order valence-corrected chi connectivity index (χ2v) is 8.72. The van der Waals surface area contributed by atoms with Crippen LogP contribution in [0, 0.1) is 11.3 Å². The molecule has 0 saturated carbocycles. The van der Waals surface area contributed by atoms with Gasteiger partial charge in [0, 0.05) is 27.6 Å². The topological polar surface area (TPSA) is 45.1 Å². The zero-order valence-corrected chi connectivity index (χ0v) is 17.8. The monoisotopic (exact) mass is 413 g/mol. The van der Waals surface area contributed by atoms with Gasteiger partial charge in [-0.1, -0.05) is 36.4 Å². The molecule has 0 bridgehead atoms. The van der Waals surface area contributed by atoms with Crippen molar-refractivity contribution in [3.8, 4) is 11.8 Å². The first-order valence-corrected chi connectivity index (χ1v) is 10.9. The van der Waals surface area contributed by atoms with Crippen LogP contribution in [-0.2, 0) is 0 Å². The van der Waals surface area contributed by atoms with Crippen molar-refractivity contribution in [3.63, 3.8) is 0 Å². The van der Waals surface area contributed by atoms with E-state index in [1.54, 1.807) is 0 Å². The Hall–Kier alpha value is -4.23. The number of hydrogen-bond donors (Lipinski definition) is 0. The summed E-state index contributed by atoms with van der Waals surface area (Å²) in [5.41, 5.74) is 7.99. The summed E-state index contributed by atoms with van der Waals surface area (Å²) in [6.45, 7) is 4.38. The Morgan fingerprint density at radius 3 is 2.38 bits per heavy atom. The number of nitriles is 1. The predicted octanol–water partition coefficient (Wildman–Crippen LogP) is 7.41. The van der Waals surface area contributed by atoms with Crippen molar-refractivity contribution in [1.29, 1.82) is 5.26 Å². The Balaban J connectivity index is 1.76. The Morgan fingerprint density at radius 1 is 0.750 bits per heavy atom. The summed E-state index contributed by atoms with van der Waals surface area (Å²) in [5, 5.41) is 14.2. The molecule has 0 unspecified atom stereocenters. The van der Waals surface area contributed by atoms with Gasteiger partial charge in [-0.25, -0.2) is 0 Å². The van der Waals surface area contributed by atoms with Gasteiger partial charge in [-0.05, 0) is 50.2 Å². The quantitative estimate of drug-likeness (QED) is 0.282. The summed E-state index contributed by atoms with van der Waals surface area (Å²) < 4.78 is 8.78. The normalized spacial score (nSPS) is 12.9. The third kappa shape index (κ3) is 2.01. The summed E-state index contributed by atoms with van der Waals surface area (Å²) >= 11 is 0. The van der Waals surface area contributed by atoms with Gasteiger partial charge in [-0.2, -0.15) is 5.26 Å². The van der Waals surface area contributed by atoms with Gasteiger partial charge in [-0.3, -0.25) is 0 Å². The highest BCUT2D eigenvalue weighted by Gasteiger charge is 2.30. The molecule has 152 valence electrons. The summed E-state index contributed by atoms with van der Waals surface area (Å²) in [4.78, 5) is 2.34. The van der Waals surface area contributed by atoms with E-state index in [9.17, 15) is 5.26 Å². The van der Waals surface area contributed by atoms with Crippen molar-refractivity contribution < 1.29 is 4.42 Å². The van der Waals surface area contributed by atoms with E-state index >= 15 is 0 Å². The van der Waals surface area contributed by atoms with Gasteiger partial charge in [0.2, 0.25) is 0 Å². The van der Waals surface area contributed by atoms with Crippen LogP contribution in [0.1, 0.15) is 19.4 Å². The summed E-state index contributed by atoms with van der Waals surface area (Å²) in [5.74, 6) is 0. The van der Waals surface area contributed by atoms with Crippen molar-refractivity contribution in [3.05, 3.63) is 78.4 Å². The number of benzene rings is 4. The number of hydrogen-bond acceptors (Lipinski definition) is 3. The number of aromatic nitrogens is 1. The molecule has 0 N–H and O–H groups in total. The summed E-state index contributed by atoms with van der Waals surface area (Å²) in [6.07, 6.45) is 0. The molecule has 0 amide bonds. The number of nitrogens with zero attached hydrogens (tertiary/aromatic N) is 3. The Bertz CT molecular complexity index is 1780. The average molecular weight is 413 g/mol.